The topological polar surface area (TPSA) is 148 Å². The number of hydrogen-bond acceptors (Lipinski definition) is 7. The molecule has 0 aliphatic heterocycles. The summed E-state index contributed by atoms with van der Waals surface area (Å²) in [6, 6.07) is 9.09. The predicted octanol–water partition coefficient (Wildman–Crippen LogP) is 2.93. The molecule has 0 saturated heterocycles. The van der Waals surface area contributed by atoms with Gasteiger partial charge in [-0.25, -0.2) is 4.57 Å². The van der Waals surface area contributed by atoms with Crippen molar-refractivity contribution in [1.82, 2.24) is 9.99 Å². The van der Waals surface area contributed by atoms with Crippen molar-refractivity contribution in [2.24, 2.45) is 0 Å². The summed E-state index contributed by atoms with van der Waals surface area (Å²) in [5.41, 5.74) is 0.163. The second-order valence-corrected chi connectivity index (χ2v) is 7.96. The number of carboxylic acids is 1. The Kier molecular flexibility index (Phi) is 7.14. The number of carboxylic acid groups (broad SMARTS) is 1. The van der Waals surface area contributed by atoms with Crippen LogP contribution in [0.15, 0.2) is 48.5 Å². The van der Waals surface area contributed by atoms with Gasteiger partial charge < -0.3 is 19.1 Å². The van der Waals surface area contributed by atoms with Gasteiger partial charge in [0.25, 0.3) is 11.6 Å². The molecule has 0 heterocycles. The zero-order valence-electron chi connectivity index (χ0n) is 16.3. The zero-order valence-corrected chi connectivity index (χ0v) is 17.2. The third kappa shape index (κ3) is 6.03. The first kappa shape index (κ1) is 22.9. The Bertz CT molecular complexity index is 976. The van der Waals surface area contributed by atoms with E-state index in [-0.39, 0.29) is 23.1 Å². The molecule has 0 fully saturated rings. The molecule has 0 radical (unpaired) electrons. The van der Waals surface area contributed by atoms with Gasteiger partial charge in [0.05, 0.1) is 4.92 Å². The van der Waals surface area contributed by atoms with Crippen molar-refractivity contribution in [3.05, 3.63) is 64.2 Å². The molecule has 0 aromatic heterocycles. The van der Waals surface area contributed by atoms with Crippen LogP contribution in [0.4, 0.5) is 5.69 Å². The van der Waals surface area contributed by atoms with Crippen LogP contribution in [0.2, 0.25) is 0 Å². The van der Waals surface area contributed by atoms with Crippen LogP contribution in [0.1, 0.15) is 17.3 Å². The molecule has 0 aliphatic carbocycles. The van der Waals surface area contributed by atoms with E-state index in [1.165, 1.54) is 48.2 Å². The van der Waals surface area contributed by atoms with Crippen LogP contribution < -0.4 is 14.1 Å². The number of nitrogens with zero attached hydrogens (tertiary/aromatic N) is 2. The van der Waals surface area contributed by atoms with E-state index < -0.39 is 24.7 Å². The number of hydrogen-bond donors (Lipinski definition) is 2. The third-order valence-electron chi connectivity index (χ3n) is 3.73. The van der Waals surface area contributed by atoms with Gasteiger partial charge in [-0.3, -0.25) is 19.7 Å². The number of nitrogens with one attached hydrogen (secondary N) is 1. The number of nitro benzene ring substituents is 1. The number of nitro groups is 1. The molecule has 0 bridgehead atoms. The summed E-state index contributed by atoms with van der Waals surface area (Å²) in [7, 11) is -1.08. The molecule has 11 nitrogen and oxygen atoms in total. The molecule has 0 saturated carbocycles. The van der Waals surface area contributed by atoms with Crippen molar-refractivity contribution in [3.8, 4) is 11.5 Å². The summed E-state index contributed by atoms with van der Waals surface area (Å²) >= 11 is 0. The minimum absolute atomic E-state index is 0.0339. The average molecular weight is 437 g/mol. The van der Waals surface area contributed by atoms with Crippen LogP contribution in [0, 0.1) is 10.1 Å². The first-order chi connectivity index (χ1) is 14.0. The van der Waals surface area contributed by atoms with Crippen LogP contribution in [0.5, 0.6) is 11.5 Å². The van der Waals surface area contributed by atoms with Gasteiger partial charge in [-0.1, -0.05) is 0 Å². The molecule has 2 unspecified atom stereocenters. The zero-order chi connectivity index (χ0) is 22.5. The van der Waals surface area contributed by atoms with Gasteiger partial charge in [-0.2, -0.15) is 5.09 Å². The van der Waals surface area contributed by atoms with Crippen molar-refractivity contribution >= 4 is 25.3 Å². The molecule has 2 aromatic carbocycles. The van der Waals surface area contributed by atoms with E-state index >= 15 is 0 Å². The first-order valence-corrected chi connectivity index (χ1v) is 10.1. The normalized spacial score (nSPS) is 13.6. The highest BCUT2D eigenvalue weighted by Gasteiger charge is 2.33. The Hall–Kier alpha value is -3.43. The lowest BCUT2D eigenvalue weighted by Gasteiger charge is -2.22. The minimum Gasteiger partial charge on any atom is -0.480 e. The predicted molar refractivity (Wildman–Crippen MR) is 107 cm³/mol. The van der Waals surface area contributed by atoms with E-state index in [0.717, 1.165) is 12.1 Å². The smallest absolute Gasteiger partial charge is 0.480 e. The molecule has 2 rings (SSSR count). The average Bonchev–Trinajstić information content (AvgIpc) is 2.68. The van der Waals surface area contributed by atoms with Gasteiger partial charge in [-0.15, -0.1) is 0 Å². The van der Waals surface area contributed by atoms with E-state index in [2.05, 4.69) is 5.09 Å². The monoisotopic (exact) mass is 437 g/mol. The van der Waals surface area contributed by atoms with Crippen molar-refractivity contribution < 1.29 is 33.2 Å². The maximum absolute atomic E-state index is 13.2. The lowest BCUT2D eigenvalue weighted by atomic mass is 10.2. The number of non-ortho nitro benzene ring substituents is 1. The highest BCUT2D eigenvalue weighted by molar-refractivity contribution is 7.52. The molecule has 2 aromatic rings. The van der Waals surface area contributed by atoms with Gasteiger partial charge in [0.2, 0.25) is 0 Å². The van der Waals surface area contributed by atoms with Crippen LogP contribution >= 0.6 is 7.75 Å². The van der Waals surface area contributed by atoms with Gasteiger partial charge in [-0.05, 0) is 43.3 Å². The van der Waals surface area contributed by atoms with Crippen LogP contribution in [-0.4, -0.2) is 46.9 Å². The van der Waals surface area contributed by atoms with Crippen LogP contribution in [-0.2, 0) is 9.36 Å². The molecule has 1 amide bonds. The third-order valence-corrected chi connectivity index (χ3v) is 5.33. The highest BCUT2D eigenvalue weighted by Crippen LogP contribution is 2.45. The quantitative estimate of drug-likeness (QED) is 0.343. The van der Waals surface area contributed by atoms with Crippen molar-refractivity contribution in [2.75, 3.05) is 14.1 Å². The standard InChI is InChI=1S/C18H20N3O8P/c1-12(18(23)24)19-30(27,29-16-10-6-14(7-11-16)21(25)26)28-15-8-4-13(5-9-15)17(22)20(2)3/h4-12H,1-3H3,(H,19,27)(H,23,24). The molecule has 12 heteroatoms. The molecule has 160 valence electrons. The fourth-order valence-electron chi connectivity index (χ4n) is 2.19. The SMILES string of the molecule is CC(NP(=O)(Oc1ccc(C(=O)N(C)C)cc1)Oc1ccc([N+](=O)[O-])cc1)C(=O)O. The highest BCUT2D eigenvalue weighted by atomic mass is 31.2. The second-order valence-electron chi connectivity index (χ2n) is 6.34. The maximum atomic E-state index is 13.2. The van der Waals surface area contributed by atoms with E-state index in [0.29, 0.717) is 5.56 Å². The Balaban J connectivity index is 2.27. The van der Waals surface area contributed by atoms with Gasteiger partial charge in [0, 0.05) is 31.8 Å². The summed E-state index contributed by atoms with van der Waals surface area (Å²) in [5, 5.41) is 22.2. The molecule has 2 atom stereocenters. The summed E-state index contributed by atoms with van der Waals surface area (Å²) in [4.78, 5) is 34.7. The Labute approximate surface area is 172 Å². The van der Waals surface area contributed by atoms with Gasteiger partial charge in [0.15, 0.2) is 0 Å². The number of benzene rings is 2. The second kappa shape index (κ2) is 9.38. The van der Waals surface area contributed by atoms with E-state index in [1.807, 2.05) is 0 Å². The fourth-order valence-corrected chi connectivity index (χ4v) is 3.71. The minimum atomic E-state index is -4.27. The van der Waals surface area contributed by atoms with Crippen molar-refractivity contribution in [3.63, 3.8) is 0 Å². The molecular weight excluding hydrogens is 417 g/mol. The van der Waals surface area contributed by atoms with E-state index in [1.54, 1.807) is 14.1 Å². The fraction of sp³-hybridized carbons (Fsp3) is 0.222. The lowest BCUT2D eigenvalue weighted by molar-refractivity contribution is -0.384. The molecule has 0 spiro atoms. The van der Waals surface area contributed by atoms with Gasteiger partial charge in [0.1, 0.15) is 17.5 Å². The number of rotatable bonds is 9. The molecular formula is C18H20N3O8P. The summed E-state index contributed by atoms with van der Waals surface area (Å²) < 4.78 is 23.9. The summed E-state index contributed by atoms with van der Waals surface area (Å²) in [5.74, 6) is -1.52. The van der Waals surface area contributed by atoms with E-state index in [9.17, 15) is 24.3 Å². The molecule has 2 N–H and O–H groups in total. The van der Waals surface area contributed by atoms with Crippen LogP contribution in [0.25, 0.3) is 0 Å². The number of carbonyl (C=O) groups excluding carboxylic acids is 1. The van der Waals surface area contributed by atoms with Crippen molar-refractivity contribution in [2.45, 2.75) is 13.0 Å². The maximum Gasteiger partial charge on any atom is 0.513 e. The van der Waals surface area contributed by atoms with Gasteiger partial charge >= 0.3 is 13.7 Å². The summed E-state index contributed by atoms with van der Waals surface area (Å²) in [6.07, 6.45) is 0. The molecule has 30 heavy (non-hydrogen) atoms. The van der Waals surface area contributed by atoms with Crippen molar-refractivity contribution in [1.29, 1.82) is 0 Å². The summed E-state index contributed by atoms with van der Waals surface area (Å²) in [6.45, 7) is 1.25. The largest absolute Gasteiger partial charge is 0.513 e. The van der Waals surface area contributed by atoms with E-state index in [4.69, 9.17) is 14.2 Å². The Morgan fingerprint density at radius 3 is 1.93 bits per heavy atom. The Morgan fingerprint density at radius 1 is 1.07 bits per heavy atom. The number of amides is 1. The Morgan fingerprint density at radius 2 is 1.53 bits per heavy atom. The first-order valence-electron chi connectivity index (χ1n) is 8.57. The molecule has 0 aliphatic rings. The number of carbonyl (C=O) groups is 2. The van der Waals surface area contributed by atoms with Crippen LogP contribution in [0.3, 0.4) is 0 Å². The lowest BCUT2D eigenvalue weighted by Crippen LogP contribution is -2.34. The number of aliphatic carboxylic acids is 1.